The third-order valence-corrected chi connectivity index (χ3v) is 1.21. The molecule has 0 aliphatic heterocycles. The topological polar surface area (TPSA) is 75.7 Å². The van der Waals surface area contributed by atoms with E-state index in [2.05, 4.69) is 9.47 Å². The van der Waals surface area contributed by atoms with Gasteiger partial charge in [0, 0.05) is 6.42 Å². The summed E-state index contributed by atoms with van der Waals surface area (Å²) in [6.45, 7) is 3.56. The zero-order chi connectivity index (χ0) is 10.3. The van der Waals surface area contributed by atoms with Gasteiger partial charge in [0.05, 0.1) is 13.2 Å². The van der Waals surface area contributed by atoms with Gasteiger partial charge in [-0.25, -0.2) is 0 Å². The molecule has 5 nitrogen and oxygen atoms in total. The van der Waals surface area contributed by atoms with Gasteiger partial charge in [0.2, 0.25) is 0 Å². The molecule has 76 valence electrons. The highest BCUT2D eigenvalue weighted by Gasteiger charge is 2.12. The van der Waals surface area contributed by atoms with Crippen LogP contribution in [0.1, 0.15) is 20.3 Å². The Labute approximate surface area is 76.6 Å². The van der Waals surface area contributed by atoms with Gasteiger partial charge in [-0.05, 0) is 20.0 Å². The second-order valence-corrected chi connectivity index (χ2v) is 2.25. The average molecular weight is 189 g/mol. The third kappa shape index (κ3) is 5.19. The van der Waals surface area contributed by atoms with Crippen LogP contribution in [0.15, 0.2) is 0 Å². The number of rotatable bonds is 5. The van der Waals surface area contributed by atoms with Crippen molar-refractivity contribution in [2.75, 3.05) is 13.2 Å². The highest BCUT2D eigenvalue weighted by atomic mass is 16.6. The molecule has 0 rings (SSSR count). The van der Waals surface area contributed by atoms with E-state index in [9.17, 15) is 14.7 Å². The number of ether oxygens (including phenoxy) is 2. The maximum Gasteiger partial charge on any atom is 0.305 e. The number of carbonyl (C=O) groups excluding carboxylic acids is 2. The summed E-state index contributed by atoms with van der Waals surface area (Å²) in [7, 11) is 0. The molecule has 1 atom stereocenters. The van der Waals surface area contributed by atoms with Crippen molar-refractivity contribution < 1.29 is 24.2 Å². The minimum absolute atomic E-state index is 0.139. The molecule has 0 fully saturated rings. The number of esters is 2. The first-order valence-electron chi connectivity index (χ1n) is 4.09. The Balaban J connectivity index is 3.78. The van der Waals surface area contributed by atoms with Crippen LogP contribution in [-0.2, 0) is 19.1 Å². The van der Waals surface area contributed by atoms with Crippen LogP contribution in [0.25, 0.3) is 0 Å². The highest BCUT2D eigenvalue weighted by Crippen LogP contribution is 1.94. The Morgan fingerprint density at radius 1 is 1.23 bits per heavy atom. The minimum atomic E-state index is -1.67. The molecule has 0 spiro atoms. The van der Waals surface area contributed by atoms with E-state index in [0.29, 0.717) is 0 Å². The fraction of sp³-hybridized carbons (Fsp3) is 0.750. The van der Waals surface area contributed by atoms with Crippen LogP contribution in [0.5, 0.6) is 0 Å². The van der Waals surface area contributed by atoms with Gasteiger partial charge in [-0.2, -0.15) is 0 Å². The van der Waals surface area contributed by atoms with Gasteiger partial charge in [0.25, 0.3) is 5.97 Å². The van der Waals surface area contributed by atoms with E-state index in [1.165, 1.54) is 0 Å². The van der Waals surface area contributed by atoms with Crippen molar-refractivity contribution in [3.63, 3.8) is 0 Å². The van der Waals surface area contributed by atoms with Crippen LogP contribution in [0.2, 0.25) is 0 Å². The second kappa shape index (κ2) is 6.42. The van der Waals surface area contributed by atoms with Crippen molar-refractivity contribution in [1.82, 2.24) is 0 Å². The first-order valence-corrected chi connectivity index (χ1v) is 4.09. The van der Waals surface area contributed by atoms with E-state index in [1.54, 1.807) is 13.8 Å². The van der Waals surface area contributed by atoms with Crippen molar-refractivity contribution in [3.05, 3.63) is 0 Å². The van der Waals surface area contributed by atoms with E-state index in [-0.39, 0.29) is 13.2 Å². The number of hydrogen-bond acceptors (Lipinski definition) is 5. The zero-order valence-corrected chi connectivity index (χ0v) is 7.74. The Hall–Kier alpha value is -1.10. The first kappa shape index (κ1) is 11.9. The average Bonchev–Trinajstić information content (AvgIpc) is 2.05. The van der Waals surface area contributed by atoms with Crippen LogP contribution in [0, 0.1) is 0 Å². The fourth-order valence-corrected chi connectivity index (χ4v) is 0.690. The van der Waals surface area contributed by atoms with Crippen molar-refractivity contribution in [1.29, 1.82) is 0 Å². The Morgan fingerprint density at radius 3 is 2.23 bits per heavy atom. The molecule has 1 unspecified atom stereocenters. The van der Waals surface area contributed by atoms with Crippen LogP contribution in [0.3, 0.4) is 0 Å². The summed E-state index contributed by atoms with van der Waals surface area (Å²) in [5, 5.41) is 10.9. The molecule has 0 aromatic heterocycles. The number of carbonyl (C=O) groups is 2. The predicted octanol–water partition coefficient (Wildman–Crippen LogP) is -0.768. The molecule has 0 aromatic rings. The number of hydrogen-bond donors (Lipinski definition) is 0. The molecule has 13 heavy (non-hydrogen) atoms. The molecule has 0 saturated heterocycles. The lowest BCUT2D eigenvalue weighted by Crippen LogP contribution is -2.38. The van der Waals surface area contributed by atoms with Crippen molar-refractivity contribution in [2.24, 2.45) is 0 Å². The first-order chi connectivity index (χ1) is 6.11. The largest absolute Gasteiger partial charge is 0.843 e. The van der Waals surface area contributed by atoms with Crippen molar-refractivity contribution in [3.8, 4) is 0 Å². The monoisotopic (exact) mass is 189 g/mol. The SMILES string of the molecule is CCOC(=O)CC([O-])C(=O)OCC. The van der Waals surface area contributed by atoms with Crippen LogP contribution in [-0.4, -0.2) is 31.3 Å². The quantitative estimate of drug-likeness (QED) is 0.531. The molecule has 0 amide bonds. The lowest BCUT2D eigenvalue weighted by atomic mass is 10.2. The smallest absolute Gasteiger partial charge is 0.305 e. The Morgan fingerprint density at radius 2 is 1.77 bits per heavy atom. The lowest BCUT2D eigenvalue weighted by molar-refractivity contribution is -0.407. The van der Waals surface area contributed by atoms with Gasteiger partial charge >= 0.3 is 5.97 Å². The second-order valence-electron chi connectivity index (χ2n) is 2.25. The van der Waals surface area contributed by atoms with Gasteiger partial charge in [-0.1, -0.05) is 0 Å². The molecule has 0 aromatic carbocycles. The summed E-state index contributed by atoms with van der Waals surface area (Å²) in [4.78, 5) is 21.5. The fourth-order valence-electron chi connectivity index (χ4n) is 0.690. The van der Waals surface area contributed by atoms with Gasteiger partial charge in [-0.3, -0.25) is 9.59 Å². The lowest BCUT2D eigenvalue weighted by Gasteiger charge is -2.18. The van der Waals surface area contributed by atoms with Crippen molar-refractivity contribution in [2.45, 2.75) is 26.4 Å². The molecular weight excluding hydrogens is 176 g/mol. The van der Waals surface area contributed by atoms with Gasteiger partial charge in [-0.15, -0.1) is 0 Å². The summed E-state index contributed by atoms with van der Waals surface area (Å²) in [6.07, 6.45) is -2.13. The molecule has 0 N–H and O–H groups in total. The summed E-state index contributed by atoms with van der Waals surface area (Å²) < 4.78 is 8.92. The molecule has 0 aliphatic carbocycles. The summed E-state index contributed by atoms with van der Waals surface area (Å²) in [5.74, 6) is -1.58. The normalized spacial score (nSPS) is 11.9. The van der Waals surface area contributed by atoms with Crippen LogP contribution in [0.4, 0.5) is 0 Å². The molecule has 5 heteroatoms. The summed E-state index contributed by atoms with van der Waals surface area (Å²) >= 11 is 0. The van der Waals surface area contributed by atoms with Crippen molar-refractivity contribution >= 4 is 11.9 Å². The summed E-state index contributed by atoms with van der Waals surface area (Å²) in [5.41, 5.74) is 0. The third-order valence-electron chi connectivity index (χ3n) is 1.21. The van der Waals surface area contributed by atoms with E-state index in [0.717, 1.165) is 0 Å². The molecule has 0 radical (unpaired) electrons. The van der Waals surface area contributed by atoms with E-state index in [1.807, 2.05) is 0 Å². The molecule has 0 saturated carbocycles. The molecule has 0 bridgehead atoms. The van der Waals surface area contributed by atoms with Gasteiger partial charge < -0.3 is 14.6 Å². The van der Waals surface area contributed by atoms with Gasteiger partial charge in [0.15, 0.2) is 0 Å². The minimum Gasteiger partial charge on any atom is -0.843 e. The van der Waals surface area contributed by atoms with Crippen LogP contribution >= 0.6 is 0 Å². The van der Waals surface area contributed by atoms with E-state index < -0.39 is 24.5 Å². The Kier molecular flexibility index (Phi) is 5.88. The maximum absolute atomic E-state index is 10.9. The maximum atomic E-state index is 10.9. The molecule has 0 aliphatic rings. The highest BCUT2D eigenvalue weighted by molar-refractivity contribution is 5.81. The van der Waals surface area contributed by atoms with E-state index >= 15 is 0 Å². The predicted molar refractivity (Wildman–Crippen MR) is 41.7 cm³/mol. The standard InChI is InChI=1S/C8H13O5/c1-3-12-7(10)5-6(9)8(11)13-4-2/h6H,3-5H2,1-2H3/q-1. The van der Waals surface area contributed by atoms with Gasteiger partial charge in [0.1, 0.15) is 0 Å². The van der Waals surface area contributed by atoms with Crippen LogP contribution < -0.4 is 5.11 Å². The molecular formula is C8H13O5-. The van der Waals surface area contributed by atoms with E-state index in [4.69, 9.17) is 0 Å². The summed E-state index contributed by atoms with van der Waals surface area (Å²) in [6, 6.07) is 0. The zero-order valence-electron chi connectivity index (χ0n) is 7.74. The molecule has 0 heterocycles. The Bertz CT molecular complexity index is 177.